The molecule has 1 amide bonds. The van der Waals surface area contributed by atoms with Crippen LogP contribution in [0.1, 0.15) is 54.0 Å². The van der Waals surface area contributed by atoms with Gasteiger partial charge in [-0.15, -0.1) is 0 Å². The fraction of sp³-hybridized carbons (Fsp3) is 0.556. The molecule has 7 heteroatoms. The Morgan fingerprint density at radius 3 is 2.36 bits per heavy atom. The normalized spacial score (nSPS) is 15.5. The molecule has 0 fully saturated rings. The molecule has 140 valence electrons. The van der Waals surface area contributed by atoms with E-state index in [1.54, 1.807) is 60.6 Å². The number of hydrogen-bond acceptors (Lipinski definition) is 4. The predicted octanol–water partition coefficient (Wildman–Crippen LogP) is 3.99. The van der Waals surface area contributed by atoms with Gasteiger partial charge in [-0.2, -0.15) is 0 Å². The standard InChI is InChI=1S/C18H27FN2O3S/c1-12(20-16(22)24-17(2,3)4)15(21-25(23)18(5,6)7)13-9-8-10-14(19)11-13/h8-12H,1-7H3,(H,20,22)/b21-15-/t12-,25?/m0/s1. The molecule has 0 aliphatic rings. The van der Waals surface area contributed by atoms with Crippen LogP contribution >= 0.6 is 0 Å². The van der Waals surface area contributed by atoms with E-state index in [0.717, 1.165) is 0 Å². The topological polar surface area (TPSA) is 73.8 Å². The van der Waals surface area contributed by atoms with E-state index in [1.165, 1.54) is 12.1 Å². The summed E-state index contributed by atoms with van der Waals surface area (Å²) in [6.07, 6.45) is -0.620. The Morgan fingerprint density at radius 2 is 1.88 bits per heavy atom. The van der Waals surface area contributed by atoms with Gasteiger partial charge in [0.05, 0.1) is 6.04 Å². The lowest BCUT2D eigenvalue weighted by atomic mass is 10.0. The van der Waals surface area contributed by atoms with Crippen LogP contribution in [0, 0.1) is 5.82 Å². The summed E-state index contributed by atoms with van der Waals surface area (Å²) in [5.41, 5.74) is 0.147. The molecule has 0 heterocycles. The summed E-state index contributed by atoms with van der Waals surface area (Å²) in [6, 6.07) is 5.21. The van der Waals surface area contributed by atoms with Gasteiger partial charge < -0.3 is 14.6 Å². The number of carbonyl (C=O) groups is 1. The van der Waals surface area contributed by atoms with Gasteiger partial charge in [0.2, 0.25) is 0 Å². The lowest BCUT2D eigenvalue weighted by Crippen LogP contribution is -2.42. The van der Waals surface area contributed by atoms with Gasteiger partial charge in [0.15, 0.2) is 0 Å². The number of alkyl carbamates (subject to hydrolysis) is 1. The van der Waals surface area contributed by atoms with E-state index < -0.39 is 39.7 Å². The fourth-order valence-corrected chi connectivity index (χ4v) is 2.52. The molecule has 1 rings (SSSR count). The summed E-state index contributed by atoms with van der Waals surface area (Å²) in [7, 11) is 0. The molecule has 25 heavy (non-hydrogen) atoms. The number of nitrogens with zero attached hydrogens (tertiary/aromatic N) is 1. The molecule has 0 aliphatic heterocycles. The summed E-state index contributed by atoms with van der Waals surface area (Å²) in [5, 5.41) is 2.66. The molecule has 0 saturated carbocycles. The first-order chi connectivity index (χ1) is 11.3. The maximum atomic E-state index is 13.6. The smallest absolute Gasteiger partial charge is 0.408 e. The van der Waals surface area contributed by atoms with Crippen LogP contribution < -0.4 is 5.32 Å². The van der Waals surface area contributed by atoms with Crippen molar-refractivity contribution in [3.63, 3.8) is 0 Å². The van der Waals surface area contributed by atoms with Gasteiger partial charge in [-0.3, -0.25) is 0 Å². The summed E-state index contributed by atoms with van der Waals surface area (Å²) in [4.78, 5) is 12.0. The van der Waals surface area contributed by atoms with Crippen molar-refractivity contribution < 1.29 is 18.5 Å². The number of nitrogens with one attached hydrogen (secondary N) is 1. The Bertz CT molecular complexity index is 636. The SMILES string of the molecule is C[C@H](NC(=O)OC(C)(C)C)/C(=N/[S+]([O-])C(C)(C)C)c1cccc(F)c1. The van der Waals surface area contributed by atoms with E-state index in [9.17, 15) is 13.7 Å². The Hall–Kier alpha value is -1.60. The number of carbonyl (C=O) groups excluding carboxylic acids is 1. The molecule has 1 aromatic rings. The minimum absolute atomic E-state index is 0.332. The number of hydrogen-bond donors (Lipinski definition) is 1. The summed E-state index contributed by atoms with van der Waals surface area (Å²) < 4.78 is 35.0. The number of halogens is 1. The lowest BCUT2D eigenvalue weighted by Gasteiger charge is -2.24. The van der Waals surface area contributed by atoms with E-state index in [1.807, 2.05) is 0 Å². The van der Waals surface area contributed by atoms with Crippen molar-refractivity contribution in [3.05, 3.63) is 35.6 Å². The molecule has 1 aromatic carbocycles. The third-order valence-corrected chi connectivity index (χ3v) is 4.38. The molecule has 0 aromatic heterocycles. The maximum absolute atomic E-state index is 13.6. The molecule has 1 N–H and O–H groups in total. The Labute approximate surface area is 152 Å². The molecule has 0 aliphatic carbocycles. The molecule has 0 radical (unpaired) electrons. The first-order valence-corrected chi connectivity index (χ1v) is 9.16. The van der Waals surface area contributed by atoms with Crippen molar-refractivity contribution in [2.24, 2.45) is 4.40 Å². The van der Waals surface area contributed by atoms with Gasteiger partial charge in [-0.1, -0.05) is 16.5 Å². The Morgan fingerprint density at radius 1 is 1.28 bits per heavy atom. The molecular formula is C18H27FN2O3S. The van der Waals surface area contributed by atoms with Crippen LogP contribution in [-0.4, -0.2) is 32.7 Å². The number of amides is 1. The van der Waals surface area contributed by atoms with Crippen molar-refractivity contribution in [1.82, 2.24) is 5.32 Å². The van der Waals surface area contributed by atoms with Crippen molar-refractivity contribution in [2.75, 3.05) is 0 Å². The molecule has 0 spiro atoms. The second-order valence-electron chi connectivity index (χ2n) is 7.72. The highest BCUT2D eigenvalue weighted by Crippen LogP contribution is 2.20. The molecular weight excluding hydrogens is 343 g/mol. The zero-order chi connectivity index (χ0) is 19.4. The van der Waals surface area contributed by atoms with Crippen LogP contribution in [0.3, 0.4) is 0 Å². The highest BCUT2D eigenvalue weighted by Gasteiger charge is 2.30. The fourth-order valence-electron chi connectivity index (χ4n) is 1.81. The first kappa shape index (κ1) is 21.4. The van der Waals surface area contributed by atoms with Crippen molar-refractivity contribution >= 4 is 23.2 Å². The van der Waals surface area contributed by atoms with Gasteiger partial charge >= 0.3 is 6.09 Å². The largest absolute Gasteiger partial charge is 0.591 e. The number of rotatable bonds is 4. The zero-order valence-electron chi connectivity index (χ0n) is 15.8. The third kappa shape index (κ3) is 7.44. The highest BCUT2D eigenvalue weighted by atomic mass is 32.2. The summed E-state index contributed by atoms with van der Waals surface area (Å²) in [5.74, 6) is -0.434. The summed E-state index contributed by atoms with van der Waals surface area (Å²) >= 11 is -1.56. The van der Waals surface area contributed by atoms with Gasteiger partial charge in [-0.05, 0) is 60.6 Å². The van der Waals surface area contributed by atoms with Crippen LogP contribution in [0.5, 0.6) is 0 Å². The monoisotopic (exact) mass is 370 g/mol. The molecule has 1 unspecified atom stereocenters. The van der Waals surface area contributed by atoms with Crippen molar-refractivity contribution in [2.45, 2.75) is 64.9 Å². The first-order valence-electron chi connectivity index (χ1n) is 8.05. The van der Waals surface area contributed by atoms with Crippen LogP contribution in [-0.2, 0) is 16.1 Å². The Balaban J connectivity index is 3.14. The highest BCUT2D eigenvalue weighted by molar-refractivity contribution is 7.91. The molecule has 5 nitrogen and oxygen atoms in total. The third-order valence-electron chi connectivity index (χ3n) is 2.97. The quantitative estimate of drug-likeness (QED) is 0.643. The second-order valence-corrected chi connectivity index (χ2v) is 9.62. The Kier molecular flexibility index (Phi) is 7.02. The minimum atomic E-state index is -1.56. The van der Waals surface area contributed by atoms with E-state index in [-0.39, 0.29) is 0 Å². The van der Waals surface area contributed by atoms with E-state index in [0.29, 0.717) is 11.3 Å². The number of benzene rings is 1. The van der Waals surface area contributed by atoms with Crippen molar-refractivity contribution in [1.29, 1.82) is 0 Å². The lowest BCUT2D eigenvalue weighted by molar-refractivity contribution is 0.0521. The zero-order valence-corrected chi connectivity index (χ0v) is 16.7. The van der Waals surface area contributed by atoms with Crippen molar-refractivity contribution in [3.8, 4) is 0 Å². The van der Waals surface area contributed by atoms with Gasteiger partial charge in [-0.25, -0.2) is 9.18 Å². The van der Waals surface area contributed by atoms with E-state index in [2.05, 4.69) is 9.71 Å². The maximum Gasteiger partial charge on any atom is 0.408 e. The second kappa shape index (κ2) is 8.19. The van der Waals surface area contributed by atoms with Gasteiger partial charge in [0, 0.05) is 5.56 Å². The van der Waals surface area contributed by atoms with Crippen LogP contribution in [0.4, 0.5) is 9.18 Å². The van der Waals surface area contributed by atoms with Gasteiger partial charge in [0.1, 0.15) is 33.2 Å². The molecule has 0 saturated heterocycles. The van der Waals surface area contributed by atoms with E-state index in [4.69, 9.17) is 4.74 Å². The number of ether oxygens (including phenoxy) is 1. The molecule has 2 atom stereocenters. The average Bonchev–Trinajstić information content (AvgIpc) is 2.40. The predicted molar refractivity (Wildman–Crippen MR) is 99.7 cm³/mol. The van der Waals surface area contributed by atoms with Crippen LogP contribution in [0.25, 0.3) is 0 Å². The molecule has 0 bridgehead atoms. The summed E-state index contributed by atoms with van der Waals surface area (Å²) in [6.45, 7) is 12.3. The average molecular weight is 370 g/mol. The van der Waals surface area contributed by atoms with Crippen LogP contribution in [0.15, 0.2) is 28.7 Å². The minimum Gasteiger partial charge on any atom is -0.591 e. The van der Waals surface area contributed by atoms with E-state index >= 15 is 0 Å². The van der Waals surface area contributed by atoms with Gasteiger partial charge in [0.25, 0.3) is 0 Å². The van der Waals surface area contributed by atoms with Crippen LogP contribution in [0.2, 0.25) is 0 Å².